The smallest absolute Gasteiger partial charge is 0.379 e. The zero-order valence-electron chi connectivity index (χ0n) is 9.48. The van der Waals surface area contributed by atoms with Crippen molar-refractivity contribution < 1.29 is 23.1 Å². The van der Waals surface area contributed by atoms with Gasteiger partial charge in [0.1, 0.15) is 5.82 Å². The molecule has 0 unspecified atom stereocenters. The molecule has 1 aromatic carbocycles. The Labute approximate surface area is 106 Å². The first-order chi connectivity index (χ1) is 8.91. The Morgan fingerprint density at radius 1 is 1.11 bits per heavy atom. The predicted octanol–water partition coefficient (Wildman–Crippen LogP) is 3.06. The highest BCUT2D eigenvalue weighted by Gasteiger charge is 2.41. The van der Waals surface area contributed by atoms with Crippen LogP contribution in [-0.4, -0.2) is 16.1 Å². The number of carboxylic acids is 1. The van der Waals surface area contributed by atoms with Gasteiger partial charge in [0.05, 0.1) is 11.3 Å². The number of alkyl halides is 2. The molecule has 0 aliphatic rings. The molecule has 1 aromatic heterocycles. The van der Waals surface area contributed by atoms with Crippen molar-refractivity contribution in [1.82, 2.24) is 4.98 Å². The first-order valence-corrected chi connectivity index (χ1v) is 5.25. The molecule has 0 spiro atoms. The first kappa shape index (κ1) is 13.1. The molecule has 0 saturated carbocycles. The fourth-order valence-electron chi connectivity index (χ4n) is 1.49. The summed E-state index contributed by atoms with van der Waals surface area (Å²) in [4.78, 5) is 14.2. The van der Waals surface area contributed by atoms with Gasteiger partial charge in [0.15, 0.2) is 0 Å². The maximum absolute atomic E-state index is 13.2. The summed E-state index contributed by atoms with van der Waals surface area (Å²) in [5, 5.41) is 8.39. The van der Waals surface area contributed by atoms with Gasteiger partial charge in [-0.15, -0.1) is 0 Å². The molecule has 0 aliphatic carbocycles. The Balaban J connectivity index is 2.33. The number of hydrogen-bond donors (Lipinski definition) is 1. The molecule has 3 nitrogen and oxygen atoms in total. The highest BCUT2D eigenvalue weighted by Crippen LogP contribution is 2.28. The van der Waals surface area contributed by atoms with Crippen molar-refractivity contribution in [1.29, 1.82) is 0 Å². The number of carboxylic acid groups (broad SMARTS) is 1. The van der Waals surface area contributed by atoms with Gasteiger partial charge < -0.3 is 5.11 Å². The molecule has 0 fully saturated rings. The number of pyridine rings is 1. The molecule has 0 bridgehead atoms. The summed E-state index contributed by atoms with van der Waals surface area (Å²) in [5.41, 5.74) is 0.197. The second-order valence-electron chi connectivity index (χ2n) is 3.82. The van der Waals surface area contributed by atoms with Crippen LogP contribution in [0.5, 0.6) is 0 Å². The molecule has 0 atom stereocenters. The molecular formula is C13H8F3NO2. The fraction of sp³-hybridized carbons (Fsp3) is 0.0769. The number of hydrogen-bond acceptors (Lipinski definition) is 2. The van der Waals surface area contributed by atoms with E-state index in [1.807, 2.05) is 0 Å². The monoisotopic (exact) mass is 267 g/mol. The maximum atomic E-state index is 13.2. The van der Waals surface area contributed by atoms with E-state index < -0.39 is 23.3 Å². The van der Waals surface area contributed by atoms with Crippen LogP contribution in [0.25, 0.3) is 11.3 Å². The van der Waals surface area contributed by atoms with Crippen LogP contribution in [0.1, 0.15) is 5.56 Å². The van der Waals surface area contributed by atoms with Gasteiger partial charge in [-0.25, -0.2) is 9.18 Å². The average Bonchev–Trinajstić information content (AvgIpc) is 2.39. The Bertz CT molecular complexity index is 594. The highest BCUT2D eigenvalue weighted by molar-refractivity contribution is 5.77. The summed E-state index contributed by atoms with van der Waals surface area (Å²) < 4.78 is 39.1. The molecule has 1 N–H and O–H groups in total. The van der Waals surface area contributed by atoms with Gasteiger partial charge in [0.25, 0.3) is 0 Å². The van der Waals surface area contributed by atoms with Crippen molar-refractivity contribution in [2.24, 2.45) is 0 Å². The molecular weight excluding hydrogens is 259 g/mol. The predicted molar refractivity (Wildman–Crippen MR) is 61.2 cm³/mol. The van der Waals surface area contributed by atoms with Crippen molar-refractivity contribution in [2.45, 2.75) is 5.92 Å². The maximum Gasteiger partial charge on any atom is 0.379 e. The van der Waals surface area contributed by atoms with Crippen LogP contribution < -0.4 is 0 Å². The van der Waals surface area contributed by atoms with Crippen molar-refractivity contribution >= 4 is 5.97 Å². The molecule has 2 aromatic rings. The average molecular weight is 267 g/mol. The van der Waals surface area contributed by atoms with Crippen LogP contribution in [0.2, 0.25) is 0 Å². The minimum Gasteiger partial charge on any atom is -0.477 e. The van der Waals surface area contributed by atoms with E-state index in [1.165, 1.54) is 30.3 Å². The van der Waals surface area contributed by atoms with Crippen LogP contribution in [0.15, 0.2) is 42.6 Å². The largest absolute Gasteiger partial charge is 0.477 e. The number of halogens is 3. The van der Waals surface area contributed by atoms with E-state index in [2.05, 4.69) is 4.98 Å². The third-order valence-electron chi connectivity index (χ3n) is 2.53. The molecule has 19 heavy (non-hydrogen) atoms. The van der Waals surface area contributed by atoms with Gasteiger partial charge in [-0.3, -0.25) is 4.98 Å². The van der Waals surface area contributed by atoms with Gasteiger partial charge in [-0.1, -0.05) is 0 Å². The Hall–Kier alpha value is -2.37. The number of aromatic nitrogens is 1. The van der Waals surface area contributed by atoms with Crippen molar-refractivity contribution in [3.8, 4) is 11.3 Å². The lowest BCUT2D eigenvalue weighted by molar-refractivity contribution is -0.166. The fourth-order valence-corrected chi connectivity index (χ4v) is 1.49. The summed E-state index contributed by atoms with van der Waals surface area (Å²) in [5.74, 6) is -6.63. The van der Waals surface area contributed by atoms with Crippen LogP contribution in [0.3, 0.4) is 0 Å². The van der Waals surface area contributed by atoms with Crippen LogP contribution in [-0.2, 0) is 10.7 Å². The Morgan fingerprint density at radius 2 is 1.74 bits per heavy atom. The quantitative estimate of drug-likeness (QED) is 0.929. The molecule has 2 rings (SSSR count). The van der Waals surface area contributed by atoms with Crippen molar-refractivity contribution in [2.75, 3.05) is 0 Å². The zero-order valence-corrected chi connectivity index (χ0v) is 9.48. The third kappa shape index (κ3) is 2.57. The van der Waals surface area contributed by atoms with Crippen LogP contribution >= 0.6 is 0 Å². The normalized spacial score (nSPS) is 11.3. The van der Waals surface area contributed by atoms with Gasteiger partial charge >= 0.3 is 11.9 Å². The third-order valence-corrected chi connectivity index (χ3v) is 2.53. The number of aliphatic carboxylic acids is 1. The number of benzene rings is 1. The molecule has 1 heterocycles. The van der Waals surface area contributed by atoms with Gasteiger partial charge in [-0.05, 0) is 36.4 Å². The minimum atomic E-state index is -3.98. The lowest BCUT2D eigenvalue weighted by Crippen LogP contribution is -2.25. The lowest BCUT2D eigenvalue weighted by atomic mass is 10.1. The molecule has 6 heteroatoms. The van der Waals surface area contributed by atoms with E-state index in [0.29, 0.717) is 11.3 Å². The van der Waals surface area contributed by atoms with Crippen molar-refractivity contribution in [3.05, 3.63) is 54.0 Å². The summed E-state index contributed by atoms with van der Waals surface area (Å²) >= 11 is 0. The number of rotatable bonds is 3. The summed E-state index contributed by atoms with van der Waals surface area (Å²) in [6.45, 7) is 0. The number of carbonyl (C=O) groups is 1. The van der Waals surface area contributed by atoms with E-state index in [4.69, 9.17) is 5.11 Å². The Morgan fingerprint density at radius 3 is 2.21 bits per heavy atom. The van der Waals surface area contributed by atoms with E-state index >= 15 is 0 Å². The molecule has 0 amide bonds. The molecule has 0 saturated heterocycles. The SMILES string of the molecule is O=C(O)C(F)(F)c1ccc(-c2ccc(F)cc2)nc1. The van der Waals surface area contributed by atoms with E-state index in [1.54, 1.807) is 0 Å². The van der Waals surface area contributed by atoms with Gasteiger partial charge in [-0.2, -0.15) is 8.78 Å². The first-order valence-electron chi connectivity index (χ1n) is 5.25. The highest BCUT2D eigenvalue weighted by atomic mass is 19.3. The van der Waals surface area contributed by atoms with E-state index in [9.17, 15) is 18.0 Å². The van der Waals surface area contributed by atoms with Crippen LogP contribution in [0, 0.1) is 5.82 Å². The zero-order chi connectivity index (χ0) is 14.0. The lowest BCUT2D eigenvalue weighted by Gasteiger charge is -2.11. The second kappa shape index (κ2) is 4.72. The number of nitrogens with zero attached hydrogens (tertiary/aromatic N) is 1. The molecule has 0 aliphatic heterocycles. The van der Waals surface area contributed by atoms with Crippen molar-refractivity contribution in [3.63, 3.8) is 0 Å². The summed E-state index contributed by atoms with van der Waals surface area (Å²) in [6.07, 6.45) is 0.798. The van der Waals surface area contributed by atoms with E-state index in [-0.39, 0.29) is 0 Å². The molecule has 98 valence electrons. The van der Waals surface area contributed by atoms with E-state index in [0.717, 1.165) is 12.3 Å². The standard InChI is InChI=1S/C13H8F3NO2/c14-10-4-1-8(2-5-10)11-6-3-9(7-17-11)13(15,16)12(18)19/h1-7H,(H,18,19). The van der Waals surface area contributed by atoms with Crippen LogP contribution in [0.4, 0.5) is 13.2 Å². The van der Waals surface area contributed by atoms with Gasteiger partial charge in [0.2, 0.25) is 0 Å². The van der Waals surface area contributed by atoms with Gasteiger partial charge in [0, 0.05) is 11.8 Å². The minimum absolute atomic E-state index is 0.352. The Kier molecular flexibility index (Phi) is 3.25. The second-order valence-corrected chi connectivity index (χ2v) is 3.82. The molecule has 0 radical (unpaired) electrons. The summed E-state index contributed by atoms with van der Waals surface area (Å²) in [7, 11) is 0. The summed E-state index contributed by atoms with van der Waals surface area (Å²) in [6, 6.07) is 7.59. The topological polar surface area (TPSA) is 50.2 Å².